The second-order valence-electron chi connectivity index (χ2n) is 9.62. The van der Waals surface area contributed by atoms with Crippen LogP contribution >= 0.6 is 0 Å². The summed E-state index contributed by atoms with van der Waals surface area (Å²) in [6.45, 7) is 3.39. The molecule has 7 heteroatoms. The highest BCUT2D eigenvalue weighted by Crippen LogP contribution is 2.43. The van der Waals surface area contributed by atoms with E-state index in [2.05, 4.69) is 5.32 Å². The maximum absolute atomic E-state index is 12.6. The number of nitrogens with one attached hydrogen (secondary N) is 1. The van der Waals surface area contributed by atoms with E-state index in [0.717, 1.165) is 53.7 Å². The number of methoxy groups -OCH3 is 1. The summed E-state index contributed by atoms with van der Waals surface area (Å²) in [5.41, 5.74) is 5.41. The summed E-state index contributed by atoms with van der Waals surface area (Å²) in [7, 11) is 1.62. The summed E-state index contributed by atoms with van der Waals surface area (Å²) in [6.07, 6.45) is 4.09. The van der Waals surface area contributed by atoms with E-state index >= 15 is 0 Å². The summed E-state index contributed by atoms with van der Waals surface area (Å²) >= 11 is 0. The molecule has 1 amide bonds. The second kappa shape index (κ2) is 10.9. The molecule has 0 bridgehead atoms. The molecule has 1 aliphatic carbocycles. The largest absolute Gasteiger partial charge is 0.496 e. The lowest BCUT2D eigenvalue weighted by Crippen LogP contribution is -2.20. The maximum atomic E-state index is 12.6. The fourth-order valence-electron chi connectivity index (χ4n) is 4.94. The summed E-state index contributed by atoms with van der Waals surface area (Å²) < 4.78 is 13.1. The van der Waals surface area contributed by atoms with Crippen LogP contribution in [-0.4, -0.2) is 28.8 Å². The number of esters is 1. The van der Waals surface area contributed by atoms with Gasteiger partial charge in [0.25, 0.3) is 0 Å². The van der Waals surface area contributed by atoms with Crippen molar-refractivity contribution in [1.82, 2.24) is 9.78 Å². The number of anilines is 1. The number of para-hydroxylation sites is 1. The van der Waals surface area contributed by atoms with E-state index in [4.69, 9.17) is 14.6 Å². The van der Waals surface area contributed by atoms with Gasteiger partial charge in [-0.1, -0.05) is 54.8 Å². The predicted molar refractivity (Wildman–Crippen MR) is 148 cm³/mol. The maximum Gasteiger partial charge on any atom is 0.309 e. The van der Waals surface area contributed by atoms with Crippen molar-refractivity contribution < 1.29 is 19.1 Å². The van der Waals surface area contributed by atoms with Gasteiger partial charge in [0.2, 0.25) is 11.8 Å². The van der Waals surface area contributed by atoms with Crippen molar-refractivity contribution in [3.8, 4) is 39.7 Å². The average molecular weight is 510 g/mol. The van der Waals surface area contributed by atoms with Crippen LogP contribution in [0.5, 0.6) is 11.6 Å². The van der Waals surface area contributed by atoms with Crippen LogP contribution in [0.3, 0.4) is 0 Å². The first-order valence-electron chi connectivity index (χ1n) is 12.9. The minimum absolute atomic E-state index is 0.0674. The molecule has 1 N–H and O–H groups in total. The molecular formula is C31H31N3O4. The van der Waals surface area contributed by atoms with Gasteiger partial charge in [-0.05, 0) is 61.7 Å². The molecule has 1 aliphatic rings. The van der Waals surface area contributed by atoms with Crippen molar-refractivity contribution in [3.63, 3.8) is 0 Å². The molecule has 1 aromatic heterocycles. The zero-order valence-corrected chi connectivity index (χ0v) is 21.9. The monoisotopic (exact) mass is 509 g/mol. The summed E-state index contributed by atoms with van der Waals surface area (Å²) in [6, 6.07) is 23.0. The van der Waals surface area contributed by atoms with Crippen molar-refractivity contribution in [1.29, 1.82) is 0 Å². The van der Waals surface area contributed by atoms with Crippen molar-refractivity contribution >= 4 is 17.6 Å². The summed E-state index contributed by atoms with van der Waals surface area (Å²) in [4.78, 5) is 24.9. The van der Waals surface area contributed by atoms with Gasteiger partial charge < -0.3 is 14.8 Å². The lowest BCUT2D eigenvalue weighted by atomic mass is 10.00. The number of aromatic nitrogens is 2. The predicted octanol–water partition coefficient (Wildman–Crippen LogP) is 6.58. The molecule has 7 nitrogen and oxygen atoms in total. The molecular weight excluding hydrogens is 478 g/mol. The van der Waals surface area contributed by atoms with Gasteiger partial charge in [-0.15, -0.1) is 0 Å². The Bertz CT molecular complexity index is 1450. The van der Waals surface area contributed by atoms with Crippen LogP contribution in [-0.2, 0) is 9.59 Å². The Hall–Kier alpha value is -4.39. The molecule has 0 aliphatic heterocycles. The van der Waals surface area contributed by atoms with Crippen molar-refractivity contribution in [2.24, 2.45) is 5.92 Å². The van der Waals surface area contributed by atoms with Crippen molar-refractivity contribution in [2.45, 2.75) is 39.5 Å². The lowest BCUT2D eigenvalue weighted by Gasteiger charge is -2.12. The van der Waals surface area contributed by atoms with E-state index in [0.29, 0.717) is 22.9 Å². The van der Waals surface area contributed by atoms with E-state index in [-0.39, 0.29) is 11.8 Å². The molecule has 0 unspecified atom stereocenters. The highest BCUT2D eigenvalue weighted by Gasteiger charge is 2.27. The standard InChI is InChI=1S/C31H31N3O4/c1-20-12-18-25(19-13-20)34-31(38-21(2)35)28(29(33-34)26-10-6-7-11-27(26)37-3)22-14-16-24(17-15-22)32-30(36)23-8-4-5-9-23/h6-7,10-19,23H,4-5,8-9H2,1-3H3,(H,32,36). The number of carbonyl (C=O) groups excluding carboxylic acids is 2. The molecule has 3 aromatic carbocycles. The number of amides is 1. The molecule has 1 saturated carbocycles. The Morgan fingerprint density at radius 3 is 2.29 bits per heavy atom. The number of hydrogen-bond donors (Lipinski definition) is 1. The molecule has 1 heterocycles. The first-order chi connectivity index (χ1) is 18.4. The quantitative estimate of drug-likeness (QED) is 0.285. The lowest BCUT2D eigenvalue weighted by molar-refractivity contribution is -0.132. The third-order valence-electron chi connectivity index (χ3n) is 6.89. The van der Waals surface area contributed by atoms with Gasteiger partial charge in [0.15, 0.2) is 0 Å². The third-order valence-corrected chi connectivity index (χ3v) is 6.89. The Labute approximate surface area is 222 Å². The number of ether oxygens (including phenoxy) is 2. The molecule has 1 fully saturated rings. The van der Waals surface area contributed by atoms with Gasteiger partial charge in [-0.2, -0.15) is 9.78 Å². The number of benzene rings is 3. The Morgan fingerprint density at radius 1 is 0.947 bits per heavy atom. The molecule has 4 aromatic rings. The first kappa shape index (κ1) is 25.3. The molecule has 0 radical (unpaired) electrons. The fourth-order valence-corrected chi connectivity index (χ4v) is 4.94. The van der Waals surface area contributed by atoms with Crippen LogP contribution in [0.1, 0.15) is 38.2 Å². The highest BCUT2D eigenvalue weighted by atomic mass is 16.5. The van der Waals surface area contributed by atoms with Crippen LogP contribution in [0.15, 0.2) is 72.8 Å². The van der Waals surface area contributed by atoms with E-state index in [9.17, 15) is 9.59 Å². The minimum Gasteiger partial charge on any atom is -0.496 e. The van der Waals surface area contributed by atoms with Gasteiger partial charge in [0, 0.05) is 24.1 Å². The van der Waals surface area contributed by atoms with Crippen LogP contribution < -0.4 is 14.8 Å². The van der Waals surface area contributed by atoms with Crippen LogP contribution in [0.2, 0.25) is 0 Å². The van der Waals surface area contributed by atoms with E-state index in [1.54, 1.807) is 11.8 Å². The zero-order chi connectivity index (χ0) is 26.6. The molecule has 194 valence electrons. The molecule has 0 spiro atoms. The topological polar surface area (TPSA) is 82.4 Å². The fraction of sp³-hybridized carbons (Fsp3) is 0.258. The van der Waals surface area contributed by atoms with E-state index < -0.39 is 5.97 Å². The number of aryl methyl sites for hydroxylation is 1. The summed E-state index contributed by atoms with van der Waals surface area (Å²) in [5, 5.41) is 7.98. The molecule has 5 rings (SSSR count). The zero-order valence-electron chi connectivity index (χ0n) is 21.9. The Kier molecular flexibility index (Phi) is 7.26. The summed E-state index contributed by atoms with van der Waals surface area (Å²) in [5.74, 6) is 0.654. The number of nitrogens with zero attached hydrogens (tertiary/aromatic N) is 2. The van der Waals surface area contributed by atoms with Gasteiger partial charge in [0.05, 0.1) is 18.4 Å². The average Bonchev–Trinajstić information content (AvgIpc) is 3.58. The van der Waals surface area contributed by atoms with Crippen LogP contribution in [0.25, 0.3) is 28.1 Å². The normalized spacial score (nSPS) is 13.3. The van der Waals surface area contributed by atoms with Gasteiger partial charge >= 0.3 is 5.97 Å². The number of rotatable bonds is 7. The molecule has 0 saturated heterocycles. The van der Waals surface area contributed by atoms with Crippen LogP contribution in [0, 0.1) is 12.8 Å². The number of carbonyl (C=O) groups is 2. The smallest absolute Gasteiger partial charge is 0.309 e. The highest BCUT2D eigenvalue weighted by molar-refractivity contribution is 5.94. The van der Waals surface area contributed by atoms with Gasteiger partial charge in [-0.25, -0.2) is 0 Å². The van der Waals surface area contributed by atoms with Gasteiger partial charge in [-0.3, -0.25) is 9.59 Å². The van der Waals surface area contributed by atoms with Crippen LogP contribution in [0.4, 0.5) is 5.69 Å². The molecule has 38 heavy (non-hydrogen) atoms. The Morgan fingerprint density at radius 2 is 1.63 bits per heavy atom. The number of hydrogen-bond acceptors (Lipinski definition) is 5. The molecule has 0 atom stereocenters. The third kappa shape index (κ3) is 5.18. The van der Waals surface area contributed by atoms with Crippen molar-refractivity contribution in [3.05, 3.63) is 78.4 Å². The van der Waals surface area contributed by atoms with Gasteiger partial charge in [0.1, 0.15) is 11.4 Å². The first-order valence-corrected chi connectivity index (χ1v) is 12.9. The van der Waals surface area contributed by atoms with E-state index in [1.807, 2.05) is 79.7 Å². The Balaban J connectivity index is 1.64. The second-order valence-corrected chi connectivity index (χ2v) is 9.62. The van der Waals surface area contributed by atoms with Crippen molar-refractivity contribution in [2.75, 3.05) is 12.4 Å². The SMILES string of the molecule is COc1ccccc1-c1nn(-c2ccc(C)cc2)c(OC(C)=O)c1-c1ccc(NC(=O)C2CCCC2)cc1. The van der Waals surface area contributed by atoms with E-state index in [1.165, 1.54) is 6.92 Å². The minimum atomic E-state index is -0.452.